The number of phenols is 1. The summed E-state index contributed by atoms with van der Waals surface area (Å²) < 4.78 is 0. The number of nitrogen functional groups attached to an aromatic ring is 1. The lowest BCUT2D eigenvalue weighted by Gasteiger charge is -2.04. The van der Waals surface area contributed by atoms with Crippen LogP contribution in [-0.2, 0) is 0 Å². The number of rotatable bonds is 0. The Labute approximate surface area is 104 Å². The zero-order valence-corrected chi connectivity index (χ0v) is 9.64. The summed E-state index contributed by atoms with van der Waals surface area (Å²) in [7, 11) is 0. The van der Waals surface area contributed by atoms with Crippen LogP contribution in [-0.4, -0.2) is 5.11 Å². The average molecular weight is 233 g/mol. The van der Waals surface area contributed by atoms with Crippen LogP contribution in [0.25, 0.3) is 33.0 Å². The average Bonchev–Trinajstić information content (AvgIpc) is 2.69. The summed E-state index contributed by atoms with van der Waals surface area (Å²) in [5, 5.41) is 11.9. The maximum atomic E-state index is 9.66. The Morgan fingerprint density at radius 3 is 2.44 bits per heavy atom. The lowest BCUT2D eigenvalue weighted by molar-refractivity contribution is 0.475. The van der Waals surface area contributed by atoms with E-state index in [-0.39, 0.29) is 0 Å². The fraction of sp³-hybridized carbons (Fsp3) is 0. The van der Waals surface area contributed by atoms with Gasteiger partial charge in [-0.05, 0) is 45.8 Å². The van der Waals surface area contributed by atoms with Crippen molar-refractivity contribution < 1.29 is 5.11 Å². The molecule has 0 aromatic heterocycles. The number of fused-ring (bicyclic) bond motifs is 3. The molecule has 0 unspecified atom stereocenters. The van der Waals surface area contributed by atoms with Crippen LogP contribution < -0.4 is 5.73 Å². The van der Waals surface area contributed by atoms with Crippen LogP contribution in [0.3, 0.4) is 0 Å². The van der Waals surface area contributed by atoms with Crippen LogP contribution in [0.5, 0.6) is 5.75 Å². The smallest absolute Gasteiger partial charge is 0.116 e. The molecule has 0 spiro atoms. The van der Waals surface area contributed by atoms with Crippen LogP contribution >= 0.6 is 0 Å². The highest BCUT2D eigenvalue weighted by molar-refractivity contribution is 6.18. The molecule has 3 aromatic rings. The third-order valence-corrected chi connectivity index (χ3v) is 3.66. The van der Waals surface area contributed by atoms with Gasteiger partial charge < -0.3 is 10.8 Å². The Kier molecular flexibility index (Phi) is 1.61. The molecule has 1 aliphatic carbocycles. The molecule has 4 rings (SSSR count). The summed E-state index contributed by atoms with van der Waals surface area (Å²) in [5.41, 5.74) is 11.4. The molecule has 2 heteroatoms. The number of nitrogens with two attached hydrogens (primary N) is 1. The number of phenolic OH excluding ortho intramolecular Hbond substituents is 1. The Morgan fingerprint density at radius 1 is 0.778 bits per heavy atom. The summed E-state index contributed by atoms with van der Waals surface area (Å²) in [6.45, 7) is 0. The minimum atomic E-state index is 0.298. The molecule has 0 atom stereocenters. The molecular formula is C16H11NO. The van der Waals surface area contributed by atoms with Gasteiger partial charge in [-0.25, -0.2) is 0 Å². The minimum absolute atomic E-state index is 0.298. The van der Waals surface area contributed by atoms with Crippen molar-refractivity contribution in [1.29, 1.82) is 0 Å². The van der Waals surface area contributed by atoms with E-state index in [0.717, 1.165) is 22.2 Å². The Morgan fingerprint density at radius 2 is 1.56 bits per heavy atom. The van der Waals surface area contributed by atoms with E-state index >= 15 is 0 Å². The van der Waals surface area contributed by atoms with E-state index in [1.54, 1.807) is 6.07 Å². The van der Waals surface area contributed by atoms with Gasteiger partial charge in [0.2, 0.25) is 0 Å². The van der Waals surface area contributed by atoms with Crippen molar-refractivity contribution in [3.8, 4) is 28.0 Å². The molecule has 86 valence electrons. The second kappa shape index (κ2) is 3.05. The van der Waals surface area contributed by atoms with E-state index in [1.807, 2.05) is 30.3 Å². The van der Waals surface area contributed by atoms with E-state index in [2.05, 4.69) is 12.1 Å². The molecule has 2 nitrogen and oxygen atoms in total. The van der Waals surface area contributed by atoms with Gasteiger partial charge in [0, 0.05) is 11.1 Å². The van der Waals surface area contributed by atoms with Gasteiger partial charge in [0.15, 0.2) is 0 Å². The van der Waals surface area contributed by atoms with Gasteiger partial charge in [-0.2, -0.15) is 0 Å². The van der Waals surface area contributed by atoms with Crippen molar-refractivity contribution in [3.05, 3.63) is 48.5 Å². The van der Waals surface area contributed by atoms with E-state index in [9.17, 15) is 5.11 Å². The van der Waals surface area contributed by atoms with Gasteiger partial charge in [0.05, 0.1) is 0 Å². The lowest BCUT2D eigenvalue weighted by atomic mass is 10.0. The van der Waals surface area contributed by atoms with E-state index in [4.69, 9.17) is 5.73 Å². The van der Waals surface area contributed by atoms with Gasteiger partial charge >= 0.3 is 0 Å². The van der Waals surface area contributed by atoms with Gasteiger partial charge in [-0.15, -0.1) is 0 Å². The molecule has 0 saturated heterocycles. The van der Waals surface area contributed by atoms with Crippen LogP contribution in [0, 0.1) is 0 Å². The molecule has 18 heavy (non-hydrogen) atoms. The molecular weight excluding hydrogens is 222 g/mol. The van der Waals surface area contributed by atoms with Crippen molar-refractivity contribution in [2.75, 3.05) is 5.73 Å². The van der Waals surface area contributed by atoms with Crippen LogP contribution in [0.15, 0.2) is 48.5 Å². The van der Waals surface area contributed by atoms with Crippen molar-refractivity contribution in [3.63, 3.8) is 0 Å². The van der Waals surface area contributed by atoms with Gasteiger partial charge in [0.25, 0.3) is 0 Å². The van der Waals surface area contributed by atoms with Crippen LogP contribution in [0.2, 0.25) is 0 Å². The molecule has 3 aromatic carbocycles. The lowest BCUT2D eigenvalue weighted by Crippen LogP contribution is -1.86. The van der Waals surface area contributed by atoms with E-state index in [1.165, 1.54) is 16.5 Å². The number of aromatic hydroxyl groups is 1. The normalized spacial score (nSPS) is 11.8. The predicted octanol–water partition coefficient (Wildman–Crippen LogP) is 3.78. The fourth-order valence-electron chi connectivity index (χ4n) is 2.87. The maximum Gasteiger partial charge on any atom is 0.116 e. The van der Waals surface area contributed by atoms with E-state index < -0.39 is 0 Å². The van der Waals surface area contributed by atoms with Crippen LogP contribution in [0.4, 0.5) is 5.69 Å². The highest BCUT2D eigenvalue weighted by Gasteiger charge is 2.21. The first kappa shape index (κ1) is 9.54. The quantitative estimate of drug-likeness (QED) is 0.454. The second-order valence-corrected chi connectivity index (χ2v) is 4.66. The summed E-state index contributed by atoms with van der Waals surface area (Å²) in [6.07, 6.45) is 0. The van der Waals surface area contributed by atoms with Crippen molar-refractivity contribution in [1.82, 2.24) is 0 Å². The van der Waals surface area contributed by atoms with Crippen molar-refractivity contribution in [2.24, 2.45) is 0 Å². The molecule has 0 fully saturated rings. The number of hydrogen-bond acceptors (Lipinski definition) is 2. The Bertz CT molecular complexity index is 806. The molecule has 0 radical (unpaired) electrons. The Hall–Kier alpha value is -2.48. The van der Waals surface area contributed by atoms with Crippen LogP contribution in [0.1, 0.15) is 0 Å². The monoisotopic (exact) mass is 233 g/mol. The highest BCUT2D eigenvalue weighted by Crippen LogP contribution is 2.49. The molecule has 3 N–H and O–H groups in total. The SMILES string of the molecule is Nc1ccc2c3c(cccc13)-c1cc(O)ccc1-2. The van der Waals surface area contributed by atoms with Gasteiger partial charge in [-0.1, -0.05) is 30.3 Å². The summed E-state index contributed by atoms with van der Waals surface area (Å²) >= 11 is 0. The largest absolute Gasteiger partial charge is 0.508 e. The zero-order chi connectivity index (χ0) is 12.3. The summed E-state index contributed by atoms with van der Waals surface area (Å²) in [5.74, 6) is 0.298. The van der Waals surface area contributed by atoms with Gasteiger partial charge in [-0.3, -0.25) is 0 Å². The van der Waals surface area contributed by atoms with E-state index in [0.29, 0.717) is 5.75 Å². The fourth-order valence-corrected chi connectivity index (χ4v) is 2.87. The number of benzene rings is 3. The first-order chi connectivity index (χ1) is 8.75. The zero-order valence-electron chi connectivity index (χ0n) is 9.64. The highest BCUT2D eigenvalue weighted by atomic mass is 16.3. The van der Waals surface area contributed by atoms with Crippen molar-refractivity contribution in [2.45, 2.75) is 0 Å². The minimum Gasteiger partial charge on any atom is -0.508 e. The maximum absolute atomic E-state index is 9.66. The third kappa shape index (κ3) is 1.02. The summed E-state index contributed by atoms with van der Waals surface area (Å²) in [4.78, 5) is 0. The first-order valence-electron chi connectivity index (χ1n) is 5.91. The van der Waals surface area contributed by atoms with Gasteiger partial charge in [0.1, 0.15) is 5.75 Å². The Balaban J connectivity index is 2.26. The standard InChI is InChI=1S/C16H11NO/c17-15-7-6-12-10-5-4-9(18)8-14(10)11-2-1-3-13(15)16(11)12/h1-8,18H,17H2. The molecule has 0 aliphatic heterocycles. The number of anilines is 1. The predicted molar refractivity (Wildman–Crippen MR) is 74.5 cm³/mol. The molecule has 0 saturated carbocycles. The van der Waals surface area contributed by atoms with Crippen molar-refractivity contribution >= 4 is 16.5 Å². The molecule has 0 bridgehead atoms. The summed E-state index contributed by atoms with van der Waals surface area (Å²) in [6, 6.07) is 15.7. The first-order valence-corrected chi connectivity index (χ1v) is 5.91. The number of hydrogen-bond donors (Lipinski definition) is 2. The topological polar surface area (TPSA) is 46.2 Å². The molecule has 1 aliphatic rings. The second-order valence-electron chi connectivity index (χ2n) is 4.66. The molecule has 0 heterocycles. The molecule has 0 amide bonds. The third-order valence-electron chi connectivity index (χ3n) is 3.66.